The van der Waals surface area contributed by atoms with E-state index in [4.69, 9.17) is 15.3 Å². The third-order valence-electron chi connectivity index (χ3n) is 2.94. The lowest BCUT2D eigenvalue weighted by Gasteiger charge is -2.26. The van der Waals surface area contributed by atoms with Crippen LogP contribution in [-0.4, -0.2) is 13.1 Å². The van der Waals surface area contributed by atoms with Gasteiger partial charge in [-0.25, -0.2) is 4.79 Å². The van der Waals surface area contributed by atoms with Gasteiger partial charge in [0, 0.05) is 3.57 Å². The van der Waals surface area contributed by atoms with Gasteiger partial charge in [-0.2, -0.15) is 6.17 Å². The van der Waals surface area contributed by atoms with E-state index in [1.807, 2.05) is 36.4 Å². The molecule has 0 amide bonds. The molecule has 5 nitrogen and oxygen atoms in total. The summed E-state index contributed by atoms with van der Waals surface area (Å²) in [6, 6.07) is 14.7. The Morgan fingerprint density at radius 3 is 2.64 bits per heavy atom. The molecule has 0 aliphatic carbocycles. The summed E-state index contributed by atoms with van der Waals surface area (Å²) in [6.07, 6.45) is 0.715. The molecule has 2 aromatic rings. The van der Waals surface area contributed by atoms with Crippen LogP contribution >= 0.6 is 22.6 Å². The summed E-state index contributed by atoms with van der Waals surface area (Å²) in [7, 11) is 1.60. The predicted octanol–water partition coefficient (Wildman–Crippen LogP) is 2.65. The van der Waals surface area contributed by atoms with Crippen LogP contribution < -0.4 is 16.0 Å². The van der Waals surface area contributed by atoms with E-state index in [1.165, 1.54) is 0 Å². The first kappa shape index (κ1) is 16.7. The minimum absolute atomic E-state index is 0.323. The lowest BCUT2D eigenvalue weighted by molar-refractivity contribution is 0.0260. The predicted molar refractivity (Wildman–Crippen MR) is 91.8 cm³/mol. The fourth-order valence-electron chi connectivity index (χ4n) is 1.88. The van der Waals surface area contributed by atoms with Crippen LogP contribution in [0.5, 0.6) is 5.75 Å². The molecule has 0 fully saturated rings. The Labute approximate surface area is 142 Å². The largest absolute Gasteiger partial charge is 0.497 e. The maximum atomic E-state index is 12.0. The molecule has 0 bridgehead atoms. The van der Waals surface area contributed by atoms with Crippen molar-refractivity contribution in [3.63, 3.8) is 0 Å². The van der Waals surface area contributed by atoms with Gasteiger partial charge in [0.2, 0.25) is 0 Å². The molecule has 3 N–H and O–H groups in total. The number of benzene rings is 2. The van der Waals surface area contributed by atoms with Crippen LogP contribution in [0.3, 0.4) is 0 Å². The average molecular weight is 411 g/mol. The molecular formula is C16H16IN2O3-. The van der Waals surface area contributed by atoms with E-state index in [1.54, 1.807) is 19.2 Å². The maximum Gasteiger partial charge on any atom is 0.355 e. The number of carbonyl (C=O) groups is 1. The Bertz CT molecular complexity index is 649. The normalized spacial score (nSPS) is 10.5. The highest BCUT2D eigenvalue weighted by molar-refractivity contribution is 14.1. The summed E-state index contributed by atoms with van der Waals surface area (Å²) in [5.41, 5.74) is 9.75. The number of carbonyl (C=O) groups excluding carboxylic acids is 1. The van der Waals surface area contributed by atoms with Gasteiger partial charge >= 0.3 is 5.97 Å². The van der Waals surface area contributed by atoms with Crippen molar-refractivity contribution in [1.82, 2.24) is 5.48 Å². The number of hydroxylamine groups is 1. The zero-order chi connectivity index (χ0) is 15.9. The molecule has 0 atom stereocenters. The Balaban J connectivity index is 1.91. The van der Waals surface area contributed by atoms with Gasteiger partial charge in [0.05, 0.1) is 12.7 Å². The molecule has 0 aliphatic rings. The molecule has 0 saturated carbocycles. The molecule has 22 heavy (non-hydrogen) atoms. The van der Waals surface area contributed by atoms with Crippen LogP contribution in [0.1, 0.15) is 15.9 Å². The van der Waals surface area contributed by atoms with Crippen molar-refractivity contribution in [2.45, 2.75) is 6.42 Å². The number of rotatable bonds is 6. The van der Waals surface area contributed by atoms with E-state index in [-0.39, 0.29) is 0 Å². The first-order chi connectivity index (χ1) is 10.6. The number of halogens is 1. The van der Waals surface area contributed by atoms with Gasteiger partial charge in [-0.3, -0.25) is 5.48 Å². The van der Waals surface area contributed by atoms with Crippen molar-refractivity contribution in [3.05, 3.63) is 69.4 Å². The Morgan fingerprint density at radius 1 is 1.23 bits per heavy atom. The Kier molecular flexibility index (Phi) is 6.17. The number of ether oxygens (including phenoxy) is 1. The molecule has 0 radical (unpaired) electrons. The van der Waals surface area contributed by atoms with Crippen LogP contribution in [0.2, 0.25) is 0 Å². The number of hydrogen-bond acceptors (Lipinski definition) is 5. The van der Waals surface area contributed by atoms with Crippen molar-refractivity contribution < 1.29 is 14.4 Å². The maximum absolute atomic E-state index is 12.0. The van der Waals surface area contributed by atoms with Crippen LogP contribution in [0.15, 0.2) is 48.5 Å². The molecular weight excluding hydrogens is 395 g/mol. The van der Waals surface area contributed by atoms with Gasteiger partial charge in [0.15, 0.2) is 0 Å². The average Bonchev–Trinajstić information content (AvgIpc) is 2.53. The van der Waals surface area contributed by atoms with Crippen LogP contribution in [0.25, 0.3) is 0 Å². The number of methoxy groups -OCH3 is 1. The quantitative estimate of drug-likeness (QED) is 0.435. The molecule has 116 valence electrons. The summed E-state index contributed by atoms with van der Waals surface area (Å²) in [5.74, 6) is 0.254. The Morgan fingerprint density at radius 2 is 1.91 bits per heavy atom. The van der Waals surface area contributed by atoms with E-state index < -0.39 is 5.97 Å². The zero-order valence-corrected chi connectivity index (χ0v) is 14.2. The molecule has 0 aliphatic heterocycles. The first-order valence-electron chi connectivity index (χ1n) is 6.56. The lowest BCUT2D eigenvalue weighted by Crippen LogP contribution is -2.33. The second kappa shape index (κ2) is 8.11. The standard InChI is InChI=1S/C16H16IN2O3/c1-21-14-9-5-2-6-11(14)10-15(18)19-22-16(20)12-7-3-4-8-13(12)17/h2-9,19H,10,18H2,1H3/q-1. The molecule has 2 aromatic carbocycles. The van der Waals surface area contributed by atoms with Crippen molar-refractivity contribution in [2.75, 3.05) is 7.11 Å². The highest BCUT2D eigenvalue weighted by Gasteiger charge is 2.10. The topological polar surface area (TPSA) is 73.6 Å². The van der Waals surface area contributed by atoms with E-state index in [2.05, 4.69) is 28.1 Å². The van der Waals surface area contributed by atoms with Gasteiger partial charge in [-0.15, -0.1) is 6.42 Å². The fraction of sp³-hybridized carbons (Fsp3) is 0.125. The fourth-order valence-corrected chi connectivity index (χ4v) is 2.49. The number of para-hydroxylation sites is 1. The number of nitrogens with two attached hydrogens (primary N) is 1. The molecule has 0 aromatic heterocycles. The first-order valence-corrected chi connectivity index (χ1v) is 7.64. The zero-order valence-electron chi connectivity index (χ0n) is 12.0. The summed E-state index contributed by atoms with van der Waals surface area (Å²) >= 11 is 2.08. The highest BCUT2D eigenvalue weighted by atomic mass is 127. The van der Waals surface area contributed by atoms with Crippen molar-refractivity contribution in [2.24, 2.45) is 5.73 Å². The number of hydrogen-bond donors (Lipinski definition) is 2. The molecule has 0 unspecified atom stereocenters. The molecule has 0 saturated heterocycles. The van der Waals surface area contributed by atoms with Gasteiger partial charge in [-0.1, -0.05) is 30.3 Å². The SMILES string of the molecule is COc1ccccc1C[C-](N)NOC(=O)c1ccccc1I. The van der Waals surface area contributed by atoms with Gasteiger partial charge in [0.1, 0.15) is 5.75 Å². The van der Waals surface area contributed by atoms with Crippen LogP contribution in [0.4, 0.5) is 0 Å². The third-order valence-corrected chi connectivity index (χ3v) is 3.88. The molecule has 0 spiro atoms. The third kappa shape index (κ3) is 4.43. The second-order valence-corrected chi connectivity index (χ2v) is 5.65. The monoisotopic (exact) mass is 411 g/mol. The van der Waals surface area contributed by atoms with Gasteiger partial charge in [0.25, 0.3) is 0 Å². The highest BCUT2D eigenvalue weighted by Crippen LogP contribution is 2.19. The minimum atomic E-state index is -0.479. The number of nitrogens with one attached hydrogen (secondary N) is 1. The molecule has 2 rings (SSSR count). The van der Waals surface area contributed by atoms with E-state index in [0.29, 0.717) is 18.2 Å². The summed E-state index contributed by atoms with van der Waals surface area (Å²) < 4.78 is 6.07. The second-order valence-electron chi connectivity index (χ2n) is 4.49. The molecule has 6 heteroatoms. The summed E-state index contributed by atoms with van der Waals surface area (Å²) in [4.78, 5) is 17.0. The van der Waals surface area contributed by atoms with E-state index >= 15 is 0 Å². The van der Waals surface area contributed by atoms with E-state index in [0.717, 1.165) is 14.9 Å². The van der Waals surface area contributed by atoms with E-state index in [9.17, 15) is 4.79 Å². The van der Waals surface area contributed by atoms with Gasteiger partial charge < -0.3 is 15.3 Å². The van der Waals surface area contributed by atoms with Crippen molar-refractivity contribution in [3.8, 4) is 5.75 Å². The smallest absolute Gasteiger partial charge is 0.355 e. The summed E-state index contributed by atoms with van der Waals surface area (Å²) in [6.45, 7) is 0. The van der Waals surface area contributed by atoms with Crippen LogP contribution in [0, 0.1) is 9.74 Å². The van der Waals surface area contributed by atoms with Crippen molar-refractivity contribution in [1.29, 1.82) is 0 Å². The van der Waals surface area contributed by atoms with Crippen LogP contribution in [-0.2, 0) is 11.3 Å². The summed E-state index contributed by atoms with van der Waals surface area (Å²) in [5, 5.41) is 0. The lowest BCUT2D eigenvalue weighted by atomic mass is 10.1. The van der Waals surface area contributed by atoms with Crippen molar-refractivity contribution >= 4 is 28.6 Å². The Hall–Kier alpha value is -1.64. The molecule has 0 heterocycles. The van der Waals surface area contributed by atoms with Gasteiger partial charge in [-0.05, 0) is 46.4 Å². The minimum Gasteiger partial charge on any atom is -0.497 e.